The van der Waals surface area contributed by atoms with Gasteiger partial charge in [-0.3, -0.25) is 14.9 Å². The first kappa shape index (κ1) is 33.0. The summed E-state index contributed by atoms with van der Waals surface area (Å²) in [6, 6.07) is 23.6. The monoisotopic (exact) mass is 657 g/mol. The van der Waals surface area contributed by atoms with Crippen LogP contribution >= 0.6 is 0 Å². The summed E-state index contributed by atoms with van der Waals surface area (Å²) in [6.45, 7) is -0.191. The van der Waals surface area contributed by atoms with Crippen molar-refractivity contribution in [2.45, 2.75) is 48.9 Å². The molecule has 3 aromatic carbocycles. The molecule has 4 aromatic rings. The van der Waals surface area contributed by atoms with E-state index in [0.717, 1.165) is 0 Å². The van der Waals surface area contributed by atoms with E-state index in [1.165, 1.54) is 17.0 Å². The van der Waals surface area contributed by atoms with E-state index in [1.54, 1.807) is 12.1 Å². The van der Waals surface area contributed by atoms with Crippen molar-refractivity contribution in [3.63, 3.8) is 0 Å². The lowest BCUT2D eigenvalue weighted by Crippen LogP contribution is -2.55. The Balaban J connectivity index is 1.11. The first-order valence-corrected chi connectivity index (χ1v) is 15.6. The van der Waals surface area contributed by atoms with Gasteiger partial charge >= 0.3 is 11.7 Å². The zero-order valence-corrected chi connectivity index (χ0v) is 25.7. The number of benzene rings is 3. The van der Waals surface area contributed by atoms with Crippen LogP contribution < -0.4 is 16.3 Å². The smallest absolute Gasteiger partial charge is 0.349 e. The van der Waals surface area contributed by atoms with Gasteiger partial charge in [0.1, 0.15) is 41.7 Å². The summed E-state index contributed by atoms with van der Waals surface area (Å²) in [7, 11) is 0. The fraction of sp³-hybridized carbons (Fsp3) is 0.314. The van der Waals surface area contributed by atoms with Crippen LogP contribution in [0.25, 0.3) is 11.0 Å². The number of rotatable bonds is 10. The number of nitrogens with one attached hydrogen (secondary N) is 2. The van der Waals surface area contributed by atoms with Gasteiger partial charge in [-0.25, -0.2) is 9.59 Å². The number of nitrogens with zero attached hydrogens (tertiary/aromatic N) is 1. The predicted molar refractivity (Wildman–Crippen MR) is 171 cm³/mol. The highest BCUT2D eigenvalue weighted by Crippen LogP contribution is 2.40. The van der Waals surface area contributed by atoms with E-state index >= 15 is 0 Å². The van der Waals surface area contributed by atoms with E-state index in [4.69, 9.17) is 9.15 Å². The Labute approximate surface area is 274 Å². The molecule has 48 heavy (non-hydrogen) atoms. The SMILES string of the molecule is O=C(NCCCCN1C(=O)NC(=O)C1(c1ccccc1)c1ccccc1)c1cc2ccc([C@@H]3O[C@H](CO)[C@H](O)[C@H](O)[C@H]3O)cc2oc1=O. The van der Waals surface area contributed by atoms with Crippen molar-refractivity contribution in [3.8, 4) is 0 Å². The van der Waals surface area contributed by atoms with Gasteiger partial charge in [-0.15, -0.1) is 0 Å². The third-order valence-corrected chi connectivity index (χ3v) is 8.90. The molecule has 6 rings (SSSR count). The van der Waals surface area contributed by atoms with Gasteiger partial charge in [0.25, 0.3) is 11.8 Å². The van der Waals surface area contributed by atoms with Crippen molar-refractivity contribution >= 4 is 28.8 Å². The lowest BCUT2D eigenvalue weighted by molar-refractivity contribution is -0.231. The minimum absolute atomic E-state index is 0.102. The molecule has 6 N–H and O–H groups in total. The molecule has 0 spiro atoms. The molecule has 4 amide bonds. The van der Waals surface area contributed by atoms with E-state index in [-0.39, 0.29) is 24.2 Å². The lowest BCUT2D eigenvalue weighted by atomic mass is 9.81. The Morgan fingerprint density at radius 3 is 2.17 bits per heavy atom. The summed E-state index contributed by atoms with van der Waals surface area (Å²) in [4.78, 5) is 53.8. The maximum Gasteiger partial charge on any atom is 0.349 e. The molecule has 2 aliphatic rings. The Morgan fingerprint density at radius 1 is 0.854 bits per heavy atom. The lowest BCUT2D eigenvalue weighted by Gasteiger charge is -2.40. The molecule has 1 aromatic heterocycles. The van der Waals surface area contributed by atoms with E-state index in [0.29, 0.717) is 34.9 Å². The molecule has 13 heteroatoms. The first-order valence-electron chi connectivity index (χ1n) is 15.6. The molecule has 0 unspecified atom stereocenters. The average molecular weight is 658 g/mol. The Bertz CT molecular complexity index is 1820. The van der Waals surface area contributed by atoms with Gasteiger partial charge in [0.2, 0.25) is 0 Å². The van der Waals surface area contributed by atoms with E-state index in [2.05, 4.69) is 10.6 Å². The highest BCUT2D eigenvalue weighted by Gasteiger charge is 2.55. The molecule has 2 fully saturated rings. The summed E-state index contributed by atoms with van der Waals surface area (Å²) in [5.41, 5.74) is -0.738. The van der Waals surface area contributed by atoms with Crippen LogP contribution in [-0.4, -0.2) is 87.3 Å². The highest BCUT2D eigenvalue weighted by atomic mass is 16.5. The number of carbonyl (C=O) groups is 3. The number of hydrogen-bond donors (Lipinski definition) is 6. The van der Waals surface area contributed by atoms with Gasteiger partial charge in [0, 0.05) is 18.5 Å². The molecule has 2 aliphatic heterocycles. The number of carbonyl (C=O) groups excluding carboxylic acids is 3. The van der Waals surface area contributed by atoms with E-state index < -0.39 is 66.1 Å². The molecule has 0 saturated carbocycles. The predicted octanol–water partition coefficient (Wildman–Crippen LogP) is 1.31. The molecule has 2 saturated heterocycles. The maximum absolute atomic E-state index is 13.4. The first-order chi connectivity index (χ1) is 23.2. The third kappa shape index (κ3) is 5.86. The van der Waals surface area contributed by atoms with Crippen molar-refractivity contribution in [2.24, 2.45) is 0 Å². The quantitative estimate of drug-likeness (QED) is 0.0821. The van der Waals surface area contributed by atoms with Crippen molar-refractivity contribution in [2.75, 3.05) is 19.7 Å². The zero-order valence-electron chi connectivity index (χ0n) is 25.7. The summed E-state index contributed by atoms with van der Waals surface area (Å²) in [6.07, 6.45) is -5.94. The maximum atomic E-state index is 13.4. The fourth-order valence-electron chi connectivity index (χ4n) is 6.43. The number of amides is 4. The van der Waals surface area contributed by atoms with Crippen LogP contribution in [0.15, 0.2) is 94.1 Å². The number of urea groups is 1. The Hall–Kier alpha value is -4.92. The van der Waals surface area contributed by atoms with Gasteiger partial charge in [0.15, 0.2) is 5.54 Å². The molecule has 0 aliphatic carbocycles. The molecule has 5 atom stereocenters. The molecule has 0 bridgehead atoms. The Kier molecular flexibility index (Phi) is 9.40. The number of unbranched alkanes of at least 4 members (excludes halogenated alkanes) is 1. The summed E-state index contributed by atoms with van der Waals surface area (Å²) in [5, 5.41) is 45.7. The van der Waals surface area contributed by atoms with Crippen LogP contribution in [0, 0.1) is 0 Å². The topological polar surface area (TPSA) is 199 Å². The zero-order chi connectivity index (χ0) is 34.0. The number of aliphatic hydroxyl groups is 4. The molecular weight excluding hydrogens is 622 g/mol. The summed E-state index contributed by atoms with van der Waals surface area (Å²) < 4.78 is 11.0. The minimum Gasteiger partial charge on any atom is -0.422 e. The van der Waals surface area contributed by atoms with Gasteiger partial charge in [-0.05, 0) is 41.7 Å². The minimum atomic E-state index is -1.57. The van der Waals surface area contributed by atoms with Crippen LogP contribution in [0.4, 0.5) is 4.79 Å². The van der Waals surface area contributed by atoms with Gasteiger partial charge in [0.05, 0.1) is 6.61 Å². The summed E-state index contributed by atoms with van der Waals surface area (Å²) in [5.74, 6) is -1.10. The van der Waals surface area contributed by atoms with E-state index in [9.17, 15) is 39.6 Å². The van der Waals surface area contributed by atoms with Crippen molar-refractivity contribution < 1.29 is 44.0 Å². The number of ether oxygens (including phenoxy) is 1. The summed E-state index contributed by atoms with van der Waals surface area (Å²) >= 11 is 0. The highest BCUT2D eigenvalue weighted by molar-refractivity contribution is 6.09. The molecule has 3 heterocycles. The van der Waals surface area contributed by atoms with Crippen LogP contribution in [0.1, 0.15) is 46.0 Å². The average Bonchev–Trinajstić information content (AvgIpc) is 3.36. The van der Waals surface area contributed by atoms with Gasteiger partial charge in [-0.1, -0.05) is 72.8 Å². The van der Waals surface area contributed by atoms with Crippen molar-refractivity contribution in [1.82, 2.24) is 15.5 Å². The molecule has 250 valence electrons. The largest absolute Gasteiger partial charge is 0.422 e. The number of imide groups is 1. The third-order valence-electron chi connectivity index (χ3n) is 8.90. The normalized spacial score (nSPS) is 23.7. The van der Waals surface area contributed by atoms with Gasteiger partial charge < -0.3 is 39.8 Å². The van der Waals surface area contributed by atoms with Crippen LogP contribution in [0.2, 0.25) is 0 Å². The standard InChI is InChI=1S/C35H35N3O10/c39-19-26-27(40)28(41)29(42)30(47-26)21-14-13-20-17-24(32(44)48-25(20)18-21)31(43)36-15-7-8-16-38-34(46)37-33(45)35(38,22-9-3-1-4-10-22)23-11-5-2-6-12-23/h1-6,9-14,17-18,26-30,39-42H,7-8,15-16,19H2,(H,36,43)(H,37,45,46)/t26-,27+,28+,29-,30+/m1/s1. The number of aliphatic hydroxyl groups excluding tert-OH is 4. The second-order valence-corrected chi connectivity index (χ2v) is 11.8. The molecular formula is C35H35N3O10. The molecule has 0 radical (unpaired) electrons. The van der Waals surface area contributed by atoms with Crippen LogP contribution in [0.3, 0.4) is 0 Å². The number of fused-ring (bicyclic) bond motifs is 1. The van der Waals surface area contributed by atoms with Crippen molar-refractivity contribution in [3.05, 3.63) is 118 Å². The Morgan fingerprint density at radius 2 is 1.52 bits per heavy atom. The second kappa shape index (κ2) is 13.7. The fourth-order valence-corrected chi connectivity index (χ4v) is 6.43. The molecule has 13 nitrogen and oxygen atoms in total. The van der Waals surface area contributed by atoms with Crippen LogP contribution in [-0.2, 0) is 15.1 Å². The van der Waals surface area contributed by atoms with Crippen LogP contribution in [0.5, 0.6) is 0 Å². The van der Waals surface area contributed by atoms with E-state index in [1.807, 2.05) is 60.7 Å². The van der Waals surface area contributed by atoms with Crippen molar-refractivity contribution in [1.29, 1.82) is 0 Å². The number of hydrogen-bond acceptors (Lipinski definition) is 10. The second-order valence-electron chi connectivity index (χ2n) is 11.8. The van der Waals surface area contributed by atoms with Gasteiger partial charge in [-0.2, -0.15) is 0 Å².